The number of carbonyl (C=O) groups is 1. The van der Waals surface area contributed by atoms with E-state index in [0.29, 0.717) is 18.0 Å². The Labute approximate surface area is 117 Å². The summed E-state index contributed by atoms with van der Waals surface area (Å²) in [5.41, 5.74) is 0. The van der Waals surface area contributed by atoms with Crippen molar-refractivity contribution in [3.05, 3.63) is 0 Å². The summed E-state index contributed by atoms with van der Waals surface area (Å²) in [7, 11) is 0. The highest BCUT2D eigenvalue weighted by Crippen LogP contribution is 2.25. The van der Waals surface area contributed by atoms with Gasteiger partial charge in [-0.3, -0.25) is 9.69 Å². The summed E-state index contributed by atoms with van der Waals surface area (Å²) >= 11 is 0. The van der Waals surface area contributed by atoms with Crippen LogP contribution in [0.3, 0.4) is 0 Å². The van der Waals surface area contributed by atoms with Crippen LogP contribution in [0, 0.1) is 5.92 Å². The standard InChI is InChI=1S/C15H30N2O2/c1-10(2)8-14(9-18)16-15(19)13(5)17-11(3)6-7-12(17)4/h10-14,18H,6-9H2,1-5H3,(H,16,19)/t11-,12+,13-,14-/m1/s1. The molecule has 0 aromatic heterocycles. The molecule has 1 aliphatic heterocycles. The molecule has 1 rings (SSSR count). The molecule has 1 saturated heterocycles. The lowest BCUT2D eigenvalue weighted by Gasteiger charge is -2.32. The van der Waals surface area contributed by atoms with Crippen molar-refractivity contribution >= 4 is 5.91 Å². The van der Waals surface area contributed by atoms with Crippen LogP contribution in [0.1, 0.15) is 53.9 Å². The van der Waals surface area contributed by atoms with Gasteiger partial charge in [-0.1, -0.05) is 13.8 Å². The van der Waals surface area contributed by atoms with Gasteiger partial charge >= 0.3 is 0 Å². The molecule has 0 aromatic carbocycles. The number of rotatable bonds is 6. The molecule has 4 atom stereocenters. The topological polar surface area (TPSA) is 52.6 Å². The maximum absolute atomic E-state index is 12.3. The molecule has 0 radical (unpaired) electrons. The monoisotopic (exact) mass is 270 g/mol. The van der Waals surface area contributed by atoms with Gasteiger partial charge in [0.1, 0.15) is 0 Å². The van der Waals surface area contributed by atoms with E-state index in [-0.39, 0.29) is 24.6 Å². The largest absolute Gasteiger partial charge is 0.394 e. The molecule has 2 N–H and O–H groups in total. The first-order chi connectivity index (χ1) is 8.86. The zero-order valence-electron chi connectivity index (χ0n) is 13.0. The van der Waals surface area contributed by atoms with E-state index >= 15 is 0 Å². The fraction of sp³-hybridized carbons (Fsp3) is 0.933. The molecule has 4 heteroatoms. The third kappa shape index (κ3) is 4.46. The zero-order valence-corrected chi connectivity index (χ0v) is 13.0. The predicted molar refractivity (Wildman–Crippen MR) is 77.9 cm³/mol. The number of nitrogens with one attached hydrogen (secondary N) is 1. The van der Waals surface area contributed by atoms with Gasteiger partial charge in [-0.25, -0.2) is 0 Å². The lowest BCUT2D eigenvalue weighted by molar-refractivity contribution is -0.128. The number of aliphatic hydroxyl groups excluding tert-OH is 1. The SMILES string of the molecule is CC(C)C[C@H](CO)NC(=O)[C@@H](C)N1[C@H](C)CC[C@@H]1C. The Kier molecular flexibility index (Phi) is 6.27. The third-order valence-corrected chi connectivity index (χ3v) is 4.17. The van der Waals surface area contributed by atoms with Gasteiger partial charge in [-0.05, 0) is 46.0 Å². The maximum atomic E-state index is 12.3. The second-order valence-corrected chi connectivity index (χ2v) is 6.42. The second kappa shape index (κ2) is 7.25. The molecule has 0 saturated carbocycles. The summed E-state index contributed by atoms with van der Waals surface area (Å²) in [6.45, 7) is 10.6. The Hall–Kier alpha value is -0.610. The van der Waals surface area contributed by atoms with E-state index in [1.165, 1.54) is 0 Å². The van der Waals surface area contributed by atoms with Gasteiger partial charge in [-0.15, -0.1) is 0 Å². The van der Waals surface area contributed by atoms with Gasteiger partial charge in [0.15, 0.2) is 0 Å². The number of carbonyl (C=O) groups excluding carboxylic acids is 1. The molecule has 112 valence electrons. The Morgan fingerprint density at radius 3 is 2.21 bits per heavy atom. The zero-order chi connectivity index (χ0) is 14.6. The van der Waals surface area contributed by atoms with E-state index in [9.17, 15) is 9.90 Å². The molecule has 0 bridgehead atoms. The average Bonchev–Trinajstić information content (AvgIpc) is 2.66. The Morgan fingerprint density at radius 1 is 1.26 bits per heavy atom. The smallest absolute Gasteiger partial charge is 0.237 e. The summed E-state index contributed by atoms with van der Waals surface area (Å²) in [5.74, 6) is 0.512. The third-order valence-electron chi connectivity index (χ3n) is 4.17. The number of hydrogen-bond donors (Lipinski definition) is 2. The first-order valence-corrected chi connectivity index (χ1v) is 7.55. The van der Waals surface area contributed by atoms with Gasteiger partial charge in [-0.2, -0.15) is 0 Å². The molecule has 1 fully saturated rings. The summed E-state index contributed by atoms with van der Waals surface area (Å²) in [6, 6.07) is 0.693. The van der Waals surface area contributed by atoms with Gasteiger partial charge < -0.3 is 10.4 Å². The van der Waals surface area contributed by atoms with Crippen LogP contribution < -0.4 is 5.32 Å². The molecular formula is C15H30N2O2. The van der Waals surface area contributed by atoms with E-state index in [2.05, 4.69) is 37.9 Å². The lowest BCUT2D eigenvalue weighted by Crippen LogP contribution is -2.52. The Balaban J connectivity index is 2.56. The van der Waals surface area contributed by atoms with Crippen LogP contribution in [-0.2, 0) is 4.79 Å². The quantitative estimate of drug-likeness (QED) is 0.773. The number of amides is 1. The highest BCUT2D eigenvalue weighted by molar-refractivity contribution is 5.81. The van der Waals surface area contributed by atoms with Crippen molar-refractivity contribution in [2.75, 3.05) is 6.61 Å². The van der Waals surface area contributed by atoms with Crippen molar-refractivity contribution in [3.63, 3.8) is 0 Å². The molecule has 4 nitrogen and oxygen atoms in total. The highest BCUT2D eigenvalue weighted by Gasteiger charge is 2.34. The minimum atomic E-state index is -0.122. The maximum Gasteiger partial charge on any atom is 0.237 e. The first-order valence-electron chi connectivity index (χ1n) is 7.55. The van der Waals surface area contributed by atoms with E-state index in [0.717, 1.165) is 19.3 Å². The van der Waals surface area contributed by atoms with Crippen molar-refractivity contribution < 1.29 is 9.90 Å². The van der Waals surface area contributed by atoms with Gasteiger partial charge in [0.25, 0.3) is 0 Å². The molecule has 0 unspecified atom stereocenters. The summed E-state index contributed by atoms with van der Waals surface area (Å²) in [5, 5.41) is 12.3. The van der Waals surface area contributed by atoms with Crippen molar-refractivity contribution in [1.29, 1.82) is 0 Å². The number of hydrogen-bond acceptors (Lipinski definition) is 3. The molecule has 19 heavy (non-hydrogen) atoms. The summed E-state index contributed by atoms with van der Waals surface area (Å²) in [4.78, 5) is 14.6. The minimum absolute atomic E-state index is 0.0156. The van der Waals surface area contributed by atoms with E-state index in [1.807, 2.05) is 6.92 Å². The molecule has 1 heterocycles. The van der Waals surface area contributed by atoms with Crippen LogP contribution in [0.4, 0.5) is 0 Å². The fourth-order valence-electron chi connectivity index (χ4n) is 3.18. The highest BCUT2D eigenvalue weighted by atomic mass is 16.3. The van der Waals surface area contributed by atoms with Crippen LogP contribution in [0.5, 0.6) is 0 Å². The van der Waals surface area contributed by atoms with Crippen LogP contribution >= 0.6 is 0 Å². The normalized spacial score (nSPS) is 27.5. The van der Waals surface area contributed by atoms with E-state index in [1.54, 1.807) is 0 Å². The van der Waals surface area contributed by atoms with Crippen LogP contribution in [0.2, 0.25) is 0 Å². The number of nitrogens with zero attached hydrogens (tertiary/aromatic N) is 1. The van der Waals surface area contributed by atoms with Crippen molar-refractivity contribution in [2.24, 2.45) is 5.92 Å². The van der Waals surface area contributed by atoms with Gasteiger partial charge in [0.2, 0.25) is 5.91 Å². The van der Waals surface area contributed by atoms with Crippen molar-refractivity contribution in [1.82, 2.24) is 10.2 Å². The molecule has 0 aliphatic carbocycles. The fourth-order valence-corrected chi connectivity index (χ4v) is 3.18. The summed E-state index contributed by atoms with van der Waals surface area (Å²) in [6.07, 6.45) is 3.14. The number of aliphatic hydroxyl groups is 1. The van der Waals surface area contributed by atoms with Crippen LogP contribution in [-0.4, -0.2) is 46.7 Å². The average molecular weight is 270 g/mol. The molecule has 1 aliphatic rings. The summed E-state index contributed by atoms with van der Waals surface area (Å²) < 4.78 is 0. The predicted octanol–water partition coefficient (Wildman–Crippen LogP) is 1.77. The van der Waals surface area contributed by atoms with Gasteiger partial charge in [0.05, 0.1) is 18.7 Å². The van der Waals surface area contributed by atoms with E-state index in [4.69, 9.17) is 0 Å². The molecule has 1 amide bonds. The minimum Gasteiger partial charge on any atom is -0.394 e. The van der Waals surface area contributed by atoms with Crippen LogP contribution in [0.25, 0.3) is 0 Å². The Bertz CT molecular complexity index is 284. The van der Waals surface area contributed by atoms with Crippen molar-refractivity contribution in [2.45, 2.75) is 78.0 Å². The Morgan fingerprint density at radius 2 is 1.79 bits per heavy atom. The van der Waals surface area contributed by atoms with E-state index < -0.39 is 0 Å². The molecule has 0 spiro atoms. The number of likely N-dealkylation sites (tertiary alicyclic amines) is 1. The van der Waals surface area contributed by atoms with Gasteiger partial charge in [0, 0.05) is 12.1 Å². The lowest BCUT2D eigenvalue weighted by atomic mass is 10.0. The molecular weight excluding hydrogens is 240 g/mol. The first kappa shape index (κ1) is 16.4. The molecule has 0 aromatic rings. The van der Waals surface area contributed by atoms with Crippen LogP contribution in [0.15, 0.2) is 0 Å². The second-order valence-electron chi connectivity index (χ2n) is 6.42. The van der Waals surface area contributed by atoms with Crippen molar-refractivity contribution in [3.8, 4) is 0 Å².